The first kappa shape index (κ1) is 17.5. The third-order valence-electron chi connectivity index (χ3n) is 4.94. The minimum atomic E-state index is -0.292. The Hall–Kier alpha value is -2.37. The average molecular weight is 343 g/mol. The molecule has 2 saturated heterocycles. The molecule has 0 bridgehead atoms. The molecule has 6 nitrogen and oxygen atoms in total. The van der Waals surface area contributed by atoms with Crippen LogP contribution in [0.25, 0.3) is 0 Å². The van der Waals surface area contributed by atoms with Crippen molar-refractivity contribution in [3.8, 4) is 0 Å². The van der Waals surface area contributed by atoms with Gasteiger partial charge in [-0.3, -0.25) is 14.4 Å². The zero-order valence-corrected chi connectivity index (χ0v) is 14.9. The number of piperazine rings is 1. The number of hydrogen-bond acceptors (Lipinski definition) is 3. The lowest BCUT2D eigenvalue weighted by atomic mass is 10.1. The summed E-state index contributed by atoms with van der Waals surface area (Å²) in [5.74, 6) is -0.144. The van der Waals surface area contributed by atoms with E-state index in [1.54, 1.807) is 9.80 Å². The van der Waals surface area contributed by atoms with Gasteiger partial charge in [0.1, 0.15) is 0 Å². The Labute approximate surface area is 148 Å². The van der Waals surface area contributed by atoms with Crippen LogP contribution in [-0.4, -0.2) is 60.2 Å². The summed E-state index contributed by atoms with van der Waals surface area (Å²) in [6, 6.07) is 9.47. The lowest BCUT2D eigenvalue weighted by molar-refractivity contribution is -0.143. The highest BCUT2D eigenvalue weighted by Gasteiger charge is 2.38. The van der Waals surface area contributed by atoms with Crippen LogP contribution in [0.4, 0.5) is 5.69 Å². The third-order valence-corrected chi connectivity index (χ3v) is 4.94. The van der Waals surface area contributed by atoms with E-state index < -0.39 is 0 Å². The molecule has 6 heteroatoms. The number of carbonyl (C=O) groups is 3. The molecule has 0 aliphatic carbocycles. The van der Waals surface area contributed by atoms with Crippen molar-refractivity contribution in [2.24, 2.45) is 11.8 Å². The molecule has 0 spiro atoms. The van der Waals surface area contributed by atoms with Crippen LogP contribution in [0.15, 0.2) is 30.3 Å². The second-order valence-corrected chi connectivity index (χ2v) is 7.05. The Morgan fingerprint density at radius 2 is 1.60 bits per heavy atom. The summed E-state index contributed by atoms with van der Waals surface area (Å²) in [5, 5.41) is 0. The van der Waals surface area contributed by atoms with Crippen LogP contribution < -0.4 is 4.90 Å². The van der Waals surface area contributed by atoms with E-state index in [0.717, 1.165) is 5.69 Å². The molecule has 2 aliphatic rings. The fourth-order valence-electron chi connectivity index (χ4n) is 3.50. The highest BCUT2D eigenvalue weighted by molar-refractivity contribution is 6.00. The first-order valence-corrected chi connectivity index (χ1v) is 8.90. The molecule has 0 unspecified atom stereocenters. The van der Waals surface area contributed by atoms with Gasteiger partial charge in [-0.2, -0.15) is 0 Å². The molecule has 3 amide bonds. The lowest BCUT2D eigenvalue weighted by Crippen LogP contribution is -2.53. The maximum absolute atomic E-state index is 12.8. The van der Waals surface area contributed by atoms with Gasteiger partial charge in [0.2, 0.25) is 17.7 Å². The van der Waals surface area contributed by atoms with Crippen molar-refractivity contribution in [3.63, 3.8) is 0 Å². The van der Waals surface area contributed by atoms with E-state index in [9.17, 15) is 14.4 Å². The van der Waals surface area contributed by atoms with Gasteiger partial charge in [-0.1, -0.05) is 32.0 Å². The van der Waals surface area contributed by atoms with Crippen molar-refractivity contribution in [3.05, 3.63) is 30.3 Å². The number of carbonyl (C=O) groups excluding carboxylic acids is 3. The fourth-order valence-corrected chi connectivity index (χ4v) is 3.50. The summed E-state index contributed by atoms with van der Waals surface area (Å²) in [6.45, 7) is 6.47. The van der Waals surface area contributed by atoms with Crippen molar-refractivity contribution in [2.75, 3.05) is 37.6 Å². The third kappa shape index (κ3) is 3.67. The molecule has 1 atom stereocenters. The molecule has 0 aromatic heterocycles. The number of benzene rings is 1. The second kappa shape index (κ2) is 7.25. The molecule has 0 N–H and O–H groups in total. The highest BCUT2D eigenvalue weighted by atomic mass is 16.2. The van der Waals surface area contributed by atoms with Gasteiger partial charge >= 0.3 is 0 Å². The van der Waals surface area contributed by atoms with E-state index >= 15 is 0 Å². The molecule has 2 fully saturated rings. The van der Waals surface area contributed by atoms with Crippen molar-refractivity contribution in [2.45, 2.75) is 20.3 Å². The first-order chi connectivity index (χ1) is 12.0. The van der Waals surface area contributed by atoms with Crippen molar-refractivity contribution in [1.29, 1.82) is 0 Å². The van der Waals surface area contributed by atoms with Crippen LogP contribution >= 0.6 is 0 Å². The molecular formula is C19H25N3O3. The molecule has 0 radical (unpaired) electrons. The number of nitrogens with zero attached hydrogens (tertiary/aromatic N) is 3. The Morgan fingerprint density at radius 1 is 1.00 bits per heavy atom. The van der Waals surface area contributed by atoms with E-state index in [-0.39, 0.29) is 36.0 Å². The molecule has 1 aromatic carbocycles. The molecule has 1 aromatic rings. The van der Waals surface area contributed by atoms with Crippen LogP contribution in [-0.2, 0) is 14.4 Å². The Bertz CT molecular complexity index is 651. The molecule has 2 heterocycles. The van der Waals surface area contributed by atoms with E-state index in [4.69, 9.17) is 0 Å². The summed E-state index contributed by atoms with van der Waals surface area (Å²) >= 11 is 0. The lowest BCUT2D eigenvalue weighted by Gasteiger charge is -2.36. The topological polar surface area (TPSA) is 60.9 Å². The largest absolute Gasteiger partial charge is 0.339 e. The Balaban J connectivity index is 1.58. The summed E-state index contributed by atoms with van der Waals surface area (Å²) < 4.78 is 0. The molecule has 134 valence electrons. The summed E-state index contributed by atoms with van der Waals surface area (Å²) in [7, 11) is 0. The van der Waals surface area contributed by atoms with Gasteiger partial charge in [-0.15, -0.1) is 0 Å². The van der Waals surface area contributed by atoms with Gasteiger partial charge in [-0.05, 0) is 12.1 Å². The summed E-state index contributed by atoms with van der Waals surface area (Å²) in [6.07, 6.45) is 0.263. The van der Waals surface area contributed by atoms with Crippen LogP contribution in [0.5, 0.6) is 0 Å². The normalized spacial score (nSPS) is 21.2. The highest BCUT2D eigenvalue weighted by Crippen LogP contribution is 2.26. The van der Waals surface area contributed by atoms with Crippen molar-refractivity contribution >= 4 is 23.4 Å². The number of amides is 3. The van der Waals surface area contributed by atoms with Crippen LogP contribution in [0.1, 0.15) is 20.3 Å². The van der Waals surface area contributed by atoms with Crippen molar-refractivity contribution in [1.82, 2.24) is 9.80 Å². The van der Waals surface area contributed by atoms with Crippen LogP contribution in [0, 0.1) is 11.8 Å². The van der Waals surface area contributed by atoms with Crippen LogP contribution in [0.2, 0.25) is 0 Å². The zero-order valence-electron chi connectivity index (χ0n) is 14.9. The summed E-state index contributed by atoms with van der Waals surface area (Å²) in [5.41, 5.74) is 0.843. The van der Waals surface area contributed by atoms with Gasteiger partial charge < -0.3 is 14.7 Å². The van der Waals surface area contributed by atoms with Gasteiger partial charge in [-0.25, -0.2) is 0 Å². The smallest absolute Gasteiger partial charge is 0.228 e. The van der Waals surface area contributed by atoms with Gasteiger partial charge in [0, 0.05) is 50.7 Å². The number of para-hydroxylation sites is 1. The maximum Gasteiger partial charge on any atom is 0.228 e. The maximum atomic E-state index is 12.8. The number of anilines is 1. The van der Waals surface area contributed by atoms with E-state index in [2.05, 4.69) is 0 Å². The zero-order chi connectivity index (χ0) is 18.0. The monoisotopic (exact) mass is 343 g/mol. The Morgan fingerprint density at radius 3 is 2.20 bits per heavy atom. The van der Waals surface area contributed by atoms with Crippen molar-refractivity contribution < 1.29 is 14.4 Å². The van der Waals surface area contributed by atoms with E-state index in [1.807, 2.05) is 49.1 Å². The first-order valence-electron chi connectivity index (χ1n) is 8.90. The van der Waals surface area contributed by atoms with Gasteiger partial charge in [0.15, 0.2) is 0 Å². The molecular weight excluding hydrogens is 318 g/mol. The van der Waals surface area contributed by atoms with E-state index in [1.165, 1.54) is 0 Å². The fraction of sp³-hybridized carbons (Fsp3) is 0.526. The quantitative estimate of drug-likeness (QED) is 0.833. The summed E-state index contributed by atoms with van der Waals surface area (Å²) in [4.78, 5) is 42.4. The molecule has 0 saturated carbocycles. The average Bonchev–Trinajstić information content (AvgIpc) is 3.03. The second-order valence-electron chi connectivity index (χ2n) is 7.05. The SMILES string of the molecule is CC(C)C(=O)N1CCN(C(=O)[C@H]2CC(=O)N(c3ccccc3)C2)CC1. The minimum absolute atomic E-state index is 0.00169. The molecule has 3 rings (SSSR count). The Kier molecular flexibility index (Phi) is 5.06. The van der Waals surface area contributed by atoms with Crippen LogP contribution in [0.3, 0.4) is 0 Å². The molecule has 25 heavy (non-hydrogen) atoms. The standard InChI is InChI=1S/C19H25N3O3/c1-14(2)18(24)20-8-10-21(11-9-20)19(25)15-12-17(23)22(13-15)16-6-4-3-5-7-16/h3-7,14-15H,8-13H2,1-2H3/t15-/m0/s1. The number of hydrogen-bond donors (Lipinski definition) is 0. The van der Waals surface area contributed by atoms with E-state index in [0.29, 0.717) is 32.7 Å². The predicted molar refractivity (Wildman–Crippen MR) is 94.9 cm³/mol. The minimum Gasteiger partial charge on any atom is -0.339 e. The molecule has 2 aliphatic heterocycles. The number of rotatable bonds is 3. The van der Waals surface area contributed by atoms with Gasteiger partial charge in [0.25, 0.3) is 0 Å². The van der Waals surface area contributed by atoms with Gasteiger partial charge in [0.05, 0.1) is 5.92 Å². The predicted octanol–water partition coefficient (Wildman–Crippen LogP) is 1.37.